The van der Waals surface area contributed by atoms with Crippen molar-refractivity contribution < 1.29 is 28.6 Å². The molecule has 470 valence electrons. The third-order valence-electron chi connectivity index (χ3n) is 16.3. The largest absolute Gasteiger partial charge is 0.462 e. The minimum Gasteiger partial charge on any atom is -0.462 e. The molecule has 0 saturated carbocycles. The minimum atomic E-state index is -0.774. The molecule has 0 radical (unpaired) electrons. The third-order valence-corrected chi connectivity index (χ3v) is 16.3. The van der Waals surface area contributed by atoms with Gasteiger partial charge < -0.3 is 14.2 Å². The van der Waals surface area contributed by atoms with Gasteiger partial charge in [-0.15, -0.1) is 0 Å². The van der Waals surface area contributed by atoms with Gasteiger partial charge in [0.15, 0.2) is 6.10 Å². The Morgan fingerprint density at radius 1 is 0.237 bits per heavy atom. The van der Waals surface area contributed by atoms with Crippen molar-refractivity contribution in [3.63, 3.8) is 0 Å². The summed E-state index contributed by atoms with van der Waals surface area (Å²) in [5.41, 5.74) is 0. The van der Waals surface area contributed by atoms with Crippen molar-refractivity contribution in [3.05, 3.63) is 36.5 Å². The fourth-order valence-electron chi connectivity index (χ4n) is 10.9. The first kappa shape index (κ1) is 77.6. The van der Waals surface area contributed by atoms with E-state index < -0.39 is 6.10 Å². The number of hydrogen-bond acceptors (Lipinski definition) is 6. The molecular weight excluding hydrogens is 985 g/mol. The SMILES string of the molecule is CCC/C=C\CCCCCCCC(=O)OCC(COC(=O)CCCCCCCCCCCCCCCCC/C=C\CCCCCCCCCC)OC(=O)CCCCCCCCCCCCCCC/C=C\CCCCCCCCCC. The van der Waals surface area contributed by atoms with Crippen LogP contribution in [0.3, 0.4) is 0 Å². The first-order chi connectivity index (χ1) is 39.5. The number of rotatable bonds is 67. The Hall–Kier alpha value is -2.37. The summed E-state index contributed by atoms with van der Waals surface area (Å²) in [4.78, 5) is 38.3. The first-order valence-electron chi connectivity index (χ1n) is 36.0. The Labute approximate surface area is 499 Å². The highest BCUT2D eigenvalue weighted by molar-refractivity contribution is 5.71. The standard InChI is InChI=1S/C74H138O6/c1-4-7-10-13-16-19-22-24-26-28-30-32-34-36-37-39-40-42-44-46-48-50-52-55-58-61-64-67-73(76)79-70-71(69-78-72(75)66-63-60-57-54-21-18-15-12-9-6-3)80-74(77)68-65-62-59-56-53-51-49-47-45-43-41-38-35-33-31-29-27-25-23-20-17-14-11-8-5-2/h12,15,28-31,71H,4-11,13-14,16-27,32-70H2,1-3H3/b15-12-,30-28-,31-29-. The lowest BCUT2D eigenvalue weighted by atomic mass is 10.0. The lowest BCUT2D eigenvalue weighted by molar-refractivity contribution is -0.167. The second-order valence-electron chi connectivity index (χ2n) is 24.5. The fourth-order valence-corrected chi connectivity index (χ4v) is 10.9. The summed E-state index contributed by atoms with van der Waals surface area (Å²) in [7, 11) is 0. The van der Waals surface area contributed by atoms with Crippen LogP contribution in [-0.4, -0.2) is 37.2 Å². The molecule has 0 aromatic carbocycles. The van der Waals surface area contributed by atoms with Crippen LogP contribution in [0.25, 0.3) is 0 Å². The number of esters is 3. The molecule has 0 aliphatic heterocycles. The molecule has 0 aromatic heterocycles. The van der Waals surface area contributed by atoms with Crippen molar-refractivity contribution in [2.24, 2.45) is 0 Å². The van der Waals surface area contributed by atoms with E-state index in [-0.39, 0.29) is 31.1 Å². The van der Waals surface area contributed by atoms with E-state index in [4.69, 9.17) is 14.2 Å². The van der Waals surface area contributed by atoms with Crippen LogP contribution < -0.4 is 0 Å². The predicted molar refractivity (Wildman–Crippen MR) is 349 cm³/mol. The monoisotopic (exact) mass is 1120 g/mol. The molecule has 0 N–H and O–H groups in total. The Morgan fingerprint density at radius 2 is 0.438 bits per heavy atom. The molecule has 0 aliphatic rings. The molecule has 6 nitrogen and oxygen atoms in total. The smallest absolute Gasteiger partial charge is 0.306 e. The number of hydrogen-bond donors (Lipinski definition) is 0. The Bertz CT molecular complexity index is 1340. The highest BCUT2D eigenvalue weighted by atomic mass is 16.6. The van der Waals surface area contributed by atoms with E-state index in [1.165, 1.54) is 289 Å². The molecule has 1 unspecified atom stereocenters. The van der Waals surface area contributed by atoms with Crippen LogP contribution in [0.2, 0.25) is 0 Å². The quantitative estimate of drug-likeness (QED) is 0.0261. The lowest BCUT2D eigenvalue weighted by Crippen LogP contribution is -2.30. The van der Waals surface area contributed by atoms with Gasteiger partial charge in [0.25, 0.3) is 0 Å². The van der Waals surface area contributed by atoms with Crippen molar-refractivity contribution in [1.29, 1.82) is 0 Å². The molecule has 0 amide bonds. The van der Waals surface area contributed by atoms with Gasteiger partial charge >= 0.3 is 17.9 Å². The van der Waals surface area contributed by atoms with Crippen molar-refractivity contribution in [3.8, 4) is 0 Å². The van der Waals surface area contributed by atoms with Gasteiger partial charge in [-0.2, -0.15) is 0 Å². The Kier molecular flexibility index (Phi) is 67.1. The summed E-state index contributed by atoms with van der Waals surface area (Å²) >= 11 is 0. The fraction of sp³-hybridized carbons (Fsp3) is 0.878. The van der Waals surface area contributed by atoms with Gasteiger partial charge in [-0.1, -0.05) is 327 Å². The lowest BCUT2D eigenvalue weighted by Gasteiger charge is -2.18. The highest BCUT2D eigenvalue weighted by Gasteiger charge is 2.19. The van der Waals surface area contributed by atoms with Crippen molar-refractivity contribution in [2.75, 3.05) is 13.2 Å². The number of carbonyl (C=O) groups excluding carboxylic acids is 3. The number of ether oxygens (including phenoxy) is 3. The van der Waals surface area contributed by atoms with E-state index in [0.29, 0.717) is 19.3 Å². The van der Waals surface area contributed by atoms with Gasteiger partial charge in [-0.3, -0.25) is 14.4 Å². The van der Waals surface area contributed by atoms with Crippen LogP contribution in [0, 0.1) is 0 Å². The molecule has 80 heavy (non-hydrogen) atoms. The Balaban J connectivity index is 4.13. The molecule has 0 heterocycles. The van der Waals surface area contributed by atoms with Crippen LogP contribution >= 0.6 is 0 Å². The van der Waals surface area contributed by atoms with Crippen molar-refractivity contribution >= 4 is 17.9 Å². The Morgan fingerprint density at radius 3 is 0.675 bits per heavy atom. The maximum absolute atomic E-state index is 12.9. The molecule has 0 spiro atoms. The number of carbonyl (C=O) groups is 3. The maximum atomic E-state index is 12.9. The minimum absolute atomic E-state index is 0.0705. The average molecular weight is 1120 g/mol. The third kappa shape index (κ3) is 66.4. The average Bonchev–Trinajstić information content (AvgIpc) is 3.46. The molecule has 0 rings (SSSR count). The zero-order valence-electron chi connectivity index (χ0n) is 54.1. The van der Waals surface area contributed by atoms with Gasteiger partial charge in [0, 0.05) is 19.3 Å². The first-order valence-corrected chi connectivity index (χ1v) is 36.0. The molecule has 0 aromatic rings. The predicted octanol–water partition coefficient (Wildman–Crippen LogP) is 24.7. The zero-order chi connectivity index (χ0) is 57.8. The van der Waals surface area contributed by atoms with E-state index in [1.54, 1.807) is 0 Å². The topological polar surface area (TPSA) is 78.9 Å². The maximum Gasteiger partial charge on any atom is 0.306 e. The van der Waals surface area contributed by atoms with E-state index in [0.717, 1.165) is 70.6 Å². The van der Waals surface area contributed by atoms with Crippen LogP contribution in [0.4, 0.5) is 0 Å². The van der Waals surface area contributed by atoms with Crippen LogP contribution in [-0.2, 0) is 28.6 Å². The second kappa shape index (κ2) is 69.1. The van der Waals surface area contributed by atoms with Gasteiger partial charge in [0.1, 0.15) is 13.2 Å². The summed E-state index contributed by atoms with van der Waals surface area (Å²) in [6.07, 6.45) is 86.3. The molecule has 6 heteroatoms. The van der Waals surface area contributed by atoms with Crippen molar-refractivity contribution in [2.45, 2.75) is 406 Å². The summed E-state index contributed by atoms with van der Waals surface area (Å²) in [5, 5.41) is 0. The van der Waals surface area contributed by atoms with Gasteiger partial charge in [-0.25, -0.2) is 0 Å². The second-order valence-corrected chi connectivity index (χ2v) is 24.5. The number of unbranched alkanes of at least 4 members (excludes halogenated alkanes) is 50. The van der Waals surface area contributed by atoms with Gasteiger partial charge in [0.05, 0.1) is 0 Å². The molecule has 0 fully saturated rings. The van der Waals surface area contributed by atoms with Gasteiger partial charge in [0.2, 0.25) is 0 Å². The normalized spacial score (nSPS) is 12.2. The van der Waals surface area contributed by atoms with E-state index in [1.807, 2.05) is 0 Å². The van der Waals surface area contributed by atoms with Gasteiger partial charge in [-0.05, 0) is 89.9 Å². The summed E-state index contributed by atoms with van der Waals surface area (Å²) < 4.78 is 17.0. The van der Waals surface area contributed by atoms with Crippen LogP contribution in [0.15, 0.2) is 36.5 Å². The van der Waals surface area contributed by atoms with Crippen LogP contribution in [0.5, 0.6) is 0 Å². The molecular formula is C74H138O6. The number of allylic oxidation sites excluding steroid dienone is 6. The zero-order valence-corrected chi connectivity index (χ0v) is 54.1. The van der Waals surface area contributed by atoms with Crippen LogP contribution in [0.1, 0.15) is 400 Å². The summed E-state index contributed by atoms with van der Waals surface area (Å²) in [5.74, 6) is -0.856. The summed E-state index contributed by atoms with van der Waals surface area (Å²) in [6.45, 7) is 6.64. The molecule has 1 atom stereocenters. The van der Waals surface area contributed by atoms with Crippen molar-refractivity contribution in [1.82, 2.24) is 0 Å². The van der Waals surface area contributed by atoms with E-state index >= 15 is 0 Å². The van der Waals surface area contributed by atoms with E-state index in [9.17, 15) is 14.4 Å². The highest BCUT2D eigenvalue weighted by Crippen LogP contribution is 2.18. The molecule has 0 saturated heterocycles. The molecule has 0 bridgehead atoms. The summed E-state index contributed by atoms with van der Waals surface area (Å²) in [6, 6.07) is 0. The molecule has 0 aliphatic carbocycles. The van der Waals surface area contributed by atoms with E-state index in [2.05, 4.69) is 57.2 Å².